The number of imidazole rings is 1. The van der Waals surface area contributed by atoms with Crippen molar-refractivity contribution in [3.05, 3.63) is 64.7 Å². The predicted octanol–water partition coefficient (Wildman–Crippen LogP) is 2.95. The molecule has 2 aromatic heterocycles. The van der Waals surface area contributed by atoms with Gasteiger partial charge in [-0.1, -0.05) is 24.3 Å². The molecule has 26 heavy (non-hydrogen) atoms. The first kappa shape index (κ1) is 16.3. The molecule has 1 aromatic carbocycles. The Morgan fingerprint density at radius 3 is 2.69 bits per heavy atom. The van der Waals surface area contributed by atoms with Gasteiger partial charge in [-0.05, 0) is 22.1 Å². The Hall–Kier alpha value is -3.13. The van der Waals surface area contributed by atoms with Gasteiger partial charge in [0, 0.05) is 36.7 Å². The monoisotopic (exact) mass is 354 g/mol. The van der Waals surface area contributed by atoms with Crippen LogP contribution in [0.15, 0.2) is 53.5 Å². The Bertz CT molecular complexity index is 887. The largest absolute Gasteiger partial charge is 0.472 e. The topological polar surface area (TPSA) is 86.6 Å². The first-order valence-corrected chi connectivity index (χ1v) is 8.37. The molecule has 1 aliphatic heterocycles. The summed E-state index contributed by atoms with van der Waals surface area (Å²) in [5, 5.41) is 10.9. The molecule has 0 spiro atoms. The number of hydrogen-bond acceptors (Lipinski definition) is 6. The third-order valence-electron chi connectivity index (χ3n) is 4.42. The summed E-state index contributed by atoms with van der Waals surface area (Å²) < 4.78 is 12.4. The van der Waals surface area contributed by atoms with Gasteiger partial charge in [0.15, 0.2) is 0 Å². The zero-order chi connectivity index (χ0) is 17.9. The summed E-state index contributed by atoms with van der Waals surface area (Å²) in [6.07, 6.45) is 4.82. The third kappa shape index (κ3) is 3.45. The molecule has 1 aliphatic rings. The Balaban J connectivity index is 1.42. The summed E-state index contributed by atoms with van der Waals surface area (Å²) in [6, 6.07) is 10.6. The maximum Gasteiger partial charge on any atom is 0.414 e. The van der Waals surface area contributed by atoms with Gasteiger partial charge < -0.3 is 19.3 Å². The summed E-state index contributed by atoms with van der Waals surface area (Å²) in [5.41, 5.74) is 3.38. The second kappa shape index (κ2) is 7.01. The molecule has 4 rings (SSSR count). The number of benzene rings is 1. The van der Waals surface area contributed by atoms with Gasteiger partial charge in [-0.25, -0.2) is 0 Å². The lowest BCUT2D eigenvalue weighted by Crippen LogP contribution is -2.33. The van der Waals surface area contributed by atoms with E-state index in [1.165, 1.54) is 11.8 Å². The van der Waals surface area contributed by atoms with E-state index < -0.39 is 4.92 Å². The fourth-order valence-corrected chi connectivity index (χ4v) is 3.02. The Morgan fingerprint density at radius 1 is 1.12 bits per heavy atom. The molecule has 3 aromatic rings. The number of ether oxygens (including phenoxy) is 1. The van der Waals surface area contributed by atoms with Crippen molar-refractivity contribution in [2.75, 3.05) is 19.7 Å². The highest BCUT2D eigenvalue weighted by Crippen LogP contribution is 2.22. The number of nitro groups is 1. The Morgan fingerprint density at radius 2 is 1.96 bits per heavy atom. The number of furan rings is 1. The molecule has 8 nitrogen and oxygen atoms in total. The molecule has 0 amide bonds. The van der Waals surface area contributed by atoms with E-state index in [0.29, 0.717) is 19.2 Å². The summed E-state index contributed by atoms with van der Waals surface area (Å²) in [4.78, 5) is 16.5. The maximum absolute atomic E-state index is 10.9. The van der Waals surface area contributed by atoms with Crippen molar-refractivity contribution >= 4 is 5.82 Å². The van der Waals surface area contributed by atoms with Crippen LogP contribution in [0.4, 0.5) is 5.82 Å². The summed E-state index contributed by atoms with van der Waals surface area (Å²) in [5.74, 6) is -0.178. The SMILES string of the molecule is O=[N+]([O-])c1cn2c(n1)OCCN(Cc1ccc(-c3ccoc3)cc1)CC2. The van der Waals surface area contributed by atoms with Gasteiger partial charge >= 0.3 is 11.8 Å². The van der Waals surface area contributed by atoms with Gasteiger partial charge in [0.1, 0.15) is 12.8 Å². The van der Waals surface area contributed by atoms with Crippen LogP contribution in [0.3, 0.4) is 0 Å². The summed E-state index contributed by atoms with van der Waals surface area (Å²) in [7, 11) is 0. The number of aromatic nitrogens is 2. The van der Waals surface area contributed by atoms with Crippen LogP contribution < -0.4 is 4.74 Å². The van der Waals surface area contributed by atoms with Crippen LogP contribution in [-0.4, -0.2) is 39.1 Å². The number of rotatable bonds is 4. The third-order valence-corrected chi connectivity index (χ3v) is 4.42. The van der Waals surface area contributed by atoms with Crippen molar-refractivity contribution in [1.29, 1.82) is 0 Å². The zero-order valence-electron chi connectivity index (χ0n) is 14.1. The lowest BCUT2D eigenvalue weighted by atomic mass is 10.1. The van der Waals surface area contributed by atoms with E-state index in [2.05, 4.69) is 34.1 Å². The fraction of sp³-hybridized carbons (Fsp3) is 0.278. The molecule has 0 saturated carbocycles. The molecule has 134 valence electrons. The summed E-state index contributed by atoms with van der Waals surface area (Å²) in [6.45, 7) is 3.35. The number of nitrogens with zero attached hydrogens (tertiary/aromatic N) is 4. The van der Waals surface area contributed by atoms with E-state index in [9.17, 15) is 10.1 Å². The minimum Gasteiger partial charge on any atom is -0.472 e. The highest BCUT2D eigenvalue weighted by Gasteiger charge is 2.22. The van der Waals surface area contributed by atoms with E-state index >= 15 is 0 Å². The van der Waals surface area contributed by atoms with E-state index in [1.54, 1.807) is 17.1 Å². The minimum absolute atomic E-state index is 0.178. The van der Waals surface area contributed by atoms with Gasteiger partial charge in [0.25, 0.3) is 0 Å². The molecule has 0 fully saturated rings. The molecule has 0 saturated heterocycles. The van der Waals surface area contributed by atoms with Crippen LogP contribution in [-0.2, 0) is 13.1 Å². The highest BCUT2D eigenvalue weighted by atomic mass is 16.6. The minimum atomic E-state index is -0.499. The smallest absolute Gasteiger partial charge is 0.414 e. The van der Waals surface area contributed by atoms with Crippen LogP contribution in [0.5, 0.6) is 6.01 Å². The number of hydrogen-bond donors (Lipinski definition) is 0. The Kier molecular flexibility index (Phi) is 4.40. The van der Waals surface area contributed by atoms with Gasteiger partial charge in [-0.3, -0.25) is 9.47 Å². The van der Waals surface area contributed by atoms with Crippen LogP contribution in [0, 0.1) is 10.1 Å². The molecule has 0 unspecified atom stereocenters. The van der Waals surface area contributed by atoms with Gasteiger partial charge in [-0.15, -0.1) is 0 Å². The first-order chi connectivity index (χ1) is 12.7. The predicted molar refractivity (Wildman–Crippen MR) is 93.8 cm³/mol. The number of fused-ring (bicyclic) bond motifs is 1. The molecular formula is C18H18N4O4. The molecule has 0 radical (unpaired) electrons. The zero-order valence-corrected chi connectivity index (χ0v) is 14.1. The van der Waals surface area contributed by atoms with Gasteiger partial charge in [0.05, 0.1) is 12.5 Å². The van der Waals surface area contributed by atoms with Crippen molar-refractivity contribution in [3.63, 3.8) is 0 Å². The fourth-order valence-electron chi connectivity index (χ4n) is 3.02. The van der Waals surface area contributed by atoms with E-state index in [1.807, 2.05) is 6.07 Å². The molecule has 3 heterocycles. The normalized spacial score (nSPS) is 14.9. The average molecular weight is 354 g/mol. The maximum atomic E-state index is 10.9. The van der Waals surface area contributed by atoms with E-state index in [4.69, 9.17) is 9.15 Å². The molecule has 0 N–H and O–H groups in total. The van der Waals surface area contributed by atoms with Crippen molar-refractivity contribution in [2.45, 2.75) is 13.1 Å². The summed E-state index contributed by atoms with van der Waals surface area (Å²) >= 11 is 0. The van der Waals surface area contributed by atoms with E-state index in [-0.39, 0.29) is 5.82 Å². The van der Waals surface area contributed by atoms with Crippen LogP contribution in [0.1, 0.15) is 5.56 Å². The van der Waals surface area contributed by atoms with Gasteiger partial charge in [-0.2, -0.15) is 0 Å². The highest BCUT2D eigenvalue weighted by molar-refractivity contribution is 5.62. The molecule has 0 aliphatic carbocycles. The second-order valence-corrected chi connectivity index (χ2v) is 6.17. The molecular weight excluding hydrogens is 336 g/mol. The van der Waals surface area contributed by atoms with Crippen LogP contribution >= 0.6 is 0 Å². The molecule has 0 bridgehead atoms. The standard InChI is InChI=1S/C18H18N4O4/c23-22(24)17-12-21-7-6-20(8-10-26-18(21)19-17)11-14-1-3-15(4-2-14)16-5-9-25-13-16/h1-5,9,12-13H,6-8,10-11H2. The molecule has 8 heteroatoms. The first-order valence-electron chi connectivity index (χ1n) is 8.37. The average Bonchev–Trinajstić information content (AvgIpc) is 3.28. The van der Waals surface area contributed by atoms with Crippen molar-refractivity contribution < 1.29 is 14.1 Å². The lowest BCUT2D eigenvalue weighted by molar-refractivity contribution is -0.389. The second-order valence-electron chi connectivity index (χ2n) is 6.17. The quantitative estimate of drug-likeness (QED) is 0.529. The van der Waals surface area contributed by atoms with Gasteiger partial charge in [0.2, 0.25) is 0 Å². The lowest BCUT2D eigenvalue weighted by Gasteiger charge is -2.24. The van der Waals surface area contributed by atoms with Crippen LogP contribution in [0.25, 0.3) is 11.1 Å². The van der Waals surface area contributed by atoms with Crippen molar-refractivity contribution in [2.24, 2.45) is 0 Å². The van der Waals surface area contributed by atoms with E-state index in [0.717, 1.165) is 30.8 Å². The Labute approximate surface area is 149 Å². The molecule has 0 atom stereocenters. The van der Waals surface area contributed by atoms with Crippen molar-refractivity contribution in [3.8, 4) is 17.1 Å². The van der Waals surface area contributed by atoms with Crippen molar-refractivity contribution in [1.82, 2.24) is 14.5 Å². The van der Waals surface area contributed by atoms with Crippen LogP contribution in [0.2, 0.25) is 0 Å².